The normalized spacial score (nSPS) is 16.3. The number of rotatable bonds is 2. The molecule has 0 saturated carbocycles. The molecule has 8 heteroatoms. The zero-order valence-electron chi connectivity index (χ0n) is 13.8. The van der Waals surface area contributed by atoms with E-state index in [0.717, 1.165) is 43.8 Å². The maximum Gasteiger partial charge on any atom is 0.416 e. The molecule has 136 valence electrons. The number of piperidine rings is 1. The Morgan fingerprint density at radius 3 is 2.65 bits per heavy atom. The Morgan fingerprint density at radius 1 is 1.15 bits per heavy atom. The Kier molecular flexibility index (Phi) is 4.07. The van der Waals surface area contributed by atoms with E-state index in [1.165, 1.54) is 18.3 Å². The van der Waals surface area contributed by atoms with Gasteiger partial charge < -0.3 is 10.3 Å². The number of hydrogen-bond acceptors (Lipinski definition) is 3. The average Bonchev–Trinajstić information content (AvgIpc) is 3.05. The van der Waals surface area contributed by atoms with Crippen LogP contribution in [0, 0.1) is 0 Å². The third kappa shape index (κ3) is 3.01. The lowest BCUT2D eigenvalue weighted by Crippen LogP contribution is -2.28. The van der Waals surface area contributed by atoms with Crippen LogP contribution in [0.5, 0.6) is 0 Å². The van der Waals surface area contributed by atoms with Crippen LogP contribution in [0.4, 0.5) is 13.2 Å². The van der Waals surface area contributed by atoms with Gasteiger partial charge in [0, 0.05) is 17.5 Å². The summed E-state index contributed by atoms with van der Waals surface area (Å²) in [5.41, 5.74) is 1.05. The number of aromatic nitrogens is 3. The van der Waals surface area contributed by atoms with Crippen molar-refractivity contribution in [2.45, 2.75) is 24.9 Å². The van der Waals surface area contributed by atoms with E-state index in [1.807, 2.05) is 0 Å². The van der Waals surface area contributed by atoms with Crippen molar-refractivity contribution in [2.24, 2.45) is 0 Å². The molecular formula is C18H17F3N4O. The molecule has 1 fully saturated rings. The second-order valence-electron chi connectivity index (χ2n) is 6.48. The van der Waals surface area contributed by atoms with Gasteiger partial charge in [0.15, 0.2) is 0 Å². The second-order valence-corrected chi connectivity index (χ2v) is 6.48. The highest BCUT2D eigenvalue weighted by Gasteiger charge is 2.30. The summed E-state index contributed by atoms with van der Waals surface area (Å²) in [6, 6.07) is 6.58. The average molecular weight is 362 g/mol. The van der Waals surface area contributed by atoms with Gasteiger partial charge >= 0.3 is 6.18 Å². The van der Waals surface area contributed by atoms with E-state index >= 15 is 0 Å². The molecule has 0 aliphatic carbocycles. The van der Waals surface area contributed by atoms with Crippen LogP contribution >= 0.6 is 0 Å². The maximum atomic E-state index is 13.0. The summed E-state index contributed by atoms with van der Waals surface area (Å²) < 4.78 is 40.7. The number of H-pyrrole nitrogens is 1. The van der Waals surface area contributed by atoms with Gasteiger partial charge in [-0.1, -0.05) is 12.1 Å². The minimum Gasteiger partial charge on any atom is -0.317 e. The Hall–Kier alpha value is -2.61. The summed E-state index contributed by atoms with van der Waals surface area (Å²) in [6.45, 7) is 1.72. The molecule has 1 aliphatic heterocycles. The molecule has 0 bridgehead atoms. The van der Waals surface area contributed by atoms with Crippen molar-refractivity contribution in [1.29, 1.82) is 0 Å². The fourth-order valence-electron chi connectivity index (χ4n) is 3.50. The van der Waals surface area contributed by atoms with Crippen molar-refractivity contribution in [3.8, 4) is 11.1 Å². The second kappa shape index (κ2) is 6.28. The lowest BCUT2D eigenvalue weighted by atomic mass is 9.94. The van der Waals surface area contributed by atoms with E-state index in [4.69, 9.17) is 0 Å². The lowest BCUT2D eigenvalue weighted by Gasteiger charge is -2.23. The molecule has 2 N–H and O–H groups in total. The van der Waals surface area contributed by atoms with Gasteiger partial charge in [-0.05, 0) is 43.6 Å². The van der Waals surface area contributed by atoms with E-state index in [2.05, 4.69) is 15.4 Å². The topological polar surface area (TPSA) is 62.2 Å². The van der Waals surface area contributed by atoms with Crippen molar-refractivity contribution < 1.29 is 13.2 Å². The first-order chi connectivity index (χ1) is 12.4. The lowest BCUT2D eigenvalue weighted by molar-refractivity contribution is -0.137. The molecule has 0 atom stereocenters. The van der Waals surface area contributed by atoms with Crippen LogP contribution in [0.3, 0.4) is 0 Å². The van der Waals surface area contributed by atoms with Crippen molar-refractivity contribution >= 4 is 5.65 Å². The van der Waals surface area contributed by atoms with Crippen LogP contribution in [0.1, 0.15) is 30.0 Å². The van der Waals surface area contributed by atoms with Crippen molar-refractivity contribution in [3.63, 3.8) is 0 Å². The Balaban J connectivity index is 1.85. The van der Waals surface area contributed by atoms with Gasteiger partial charge in [0.25, 0.3) is 5.56 Å². The number of halogens is 3. The highest BCUT2D eigenvalue weighted by atomic mass is 19.4. The highest BCUT2D eigenvalue weighted by Crippen LogP contribution is 2.33. The smallest absolute Gasteiger partial charge is 0.317 e. The summed E-state index contributed by atoms with van der Waals surface area (Å²) >= 11 is 0. The molecule has 3 heterocycles. The molecule has 1 aliphatic rings. The quantitative estimate of drug-likeness (QED) is 0.736. The van der Waals surface area contributed by atoms with E-state index in [1.54, 1.807) is 10.6 Å². The monoisotopic (exact) mass is 362 g/mol. The van der Waals surface area contributed by atoms with Crippen molar-refractivity contribution in [2.75, 3.05) is 13.1 Å². The Bertz CT molecular complexity index is 1000. The van der Waals surface area contributed by atoms with Gasteiger partial charge in [0.2, 0.25) is 0 Å². The van der Waals surface area contributed by atoms with Crippen LogP contribution in [0.15, 0.2) is 41.3 Å². The molecule has 0 unspecified atom stereocenters. The number of fused-ring (bicyclic) bond motifs is 1. The van der Waals surface area contributed by atoms with E-state index in [9.17, 15) is 18.0 Å². The van der Waals surface area contributed by atoms with Gasteiger partial charge in [-0.2, -0.15) is 18.3 Å². The molecule has 0 amide bonds. The van der Waals surface area contributed by atoms with Crippen LogP contribution in [0.25, 0.3) is 16.8 Å². The van der Waals surface area contributed by atoms with Crippen LogP contribution in [-0.4, -0.2) is 27.7 Å². The van der Waals surface area contributed by atoms with Gasteiger partial charge in [-0.15, -0.1) is 0 Å². The summed E-state index contributed by atoms with van der Waals surface area (Å²) in [6.07, 6.45) is -1.15. The third-order valence-corrected chi connectivity index (χ3v) is 4.79. The zero-order chi connectivity index (χ0) is 18.3. The van der Waals surface area contributed by atoms with Crippen LogP contribution in [-0.2, 0) is 6.18 Å². The Labute approximate surface area is 146 Å². The number of benzene rings is 1. The zero-order valence-corrected chi connectivity index (χ0v) is 13.8. The minimum absolute atomic E-state index is 0.190. The number of alkyl halides is 3. The first-order valence-electron chi connectivity index (χ1n) is 8.43. The van der Waals surface area contributed by atoms with Gasteiger partial charge in [0.1, 0.15) is 5.65 Å². The molecule has 4 rings (SSSR count). The number of aromatic amines is 1. The van der Waals surface area contributed by atoms with E-state index in [0.29, 0.717) is 16.8 Å². The molecule has 2 aromatic heterocycles. The van der Waals surface area contributed by atoms with Gasteiger partial charge in [-0.3, -0.25) is 4.79 Å². The van der Waals surface area contributed by atoms with Gasteiger partial charge in [-0.25, -0.2) is 4.52 Å². The molecule has 1 saturated heterocycles. The predicted molar refractivity (Wildman–Crippen MR) is 91.1 cm³/mol. The molecule has 1 aromatic carbocycles. The molecule has 3 aromatic rings. The summed E-state index contributed by atoms with van der Waals surface area (Å²) in [5.74, 6) is 0.190. The first kappa shape index (κ1) is 16.8. The number of nitrogens with zero attached hydrogens (tertiary/aromatic N) is 2. The molecule has 26 heavy (non-hydrogen) atoms. The highest BCUT2D eigenvalue weighted by molar-refractivity contribution is 5.77. The fourth-order valence-corrected chi connectivity index (χ4v) is 3.50. The molecular weight excluding hydrogens is 345 g/mol. The summed E-state index contributed by atoms with van der Waals surface area (Å²) in [7, 11) is 0. The van der Waals surface area contributed by atoms with Crippen molar-refractivity contribution in [3.05, 3.63) is 58.1 Å². The number of nitrogens with one attached hydrogen (secondary N) is 2. The minimum atomic E-state index is -4.42. The SMILES string of the molecule is O=c1cc(C2CCNCC2)n2ncc(-c3cccc(C(F)(F)F)c3)c2[nH]1. The van der Waals surface area contributed by atoms with E-state index in [-0.39, 0.29) is 11.5 Å². The standard InChI is InChI=1S/C18H17F3N4O/c19-18(20,21)13-3-1-2-12(8-13)14-10-23-25-15(9-16(26)24-17(14)25)11-4-6-22-7-5-11/h1-3,8-11,22H,4-7H2,(H,24,26). The molecule has 0 spiro atoms. The van der Waals surface area contributed by atoms with Gasteiger partial charge in [0.05, 0.1) is 17.5 Å². The first-order valence-corrected chi connectivity index (χ1v) is 8.43. The third-order valence-electron chi connectivity index (χ3n) is 4.79. The van der Waals surface area contributed by atoms with Crippen LogP contribution in [0.2, 0.25) is 0 Å². The Morgan fingerprint density at radius 2 is 1.92 bits per heavy atom. The summed E-state index contributed by atoms with van der Waals surface area (Å²) in [5, 5.41) is 7.62. The van der Waals surface area contributed by atoms with E-state index < -0.39 is 11.7 Å². The fraction of sp³-hybridized carbons (Fsp3) is 0.333. The summed E-state index contributed by atoms with van der Waals surface area (Å²) in [4.78, 5) is 14.9. The number of hydrogen-bond donors (Lipinski definition) is 2. The predicted octanol–water partition coefficient (Wildman–Crippen LogP) is 3.18. The largest absolute Gasteiger partial charge is 0.416 e. The van der Waals surface area contributed by atoms with Crippen molar-refractivity contribution in [1.82, 2.24) is 19.9 Å². The molecule has 0 radical (unpaired) electrons. The molecule has 5 nitrogen and oxygen atoms in total. The van der Waals surface area contributed by atoms with Crippen LogP contribution < -0.4 is 10.9 Å². The maximum absolute atomic E-state index is 13.0.